The van der Waals surface area contributed by atoms with Gasteiger partial charge in [-0.05, 0) is 30.3 Å². The average Bonchev–Trinajstić information content (AvgIpc) is 3.54. The molecule has 2 aromatic carbocycles. The molecule has 1 N–H and O–H groups in total. The molecule has 0 fully saturated rings. The van der Waals surface area contributed by atoms with Gasteiger partial charge in [0.2, 0.25) is 11.8 Å². The van der Waals surface area contributed by atoms with E-state index in [9.17, 15) is 4.79 Å². The molecule has 0 aliphatic carbocycles. The van der Waals surface area contributed by atoms with E-state index in [4.69, 9.17) is 13.6 Å². The van der Waals surface area contributed by atoms with Crippen molar-refractivity contribution in [3.8, 4) is 28.9 Å². The van der Waals surface area contributed by atoms with Crippen LogP contribution in [0.5, 0.6) is 5.75 Å². The van der Waals surface area contributed by atoms with Crippen LogP contribution in [-0.4, -0.2) is 27.8 Å². The normalized spacial score (nSPS) is 11.0. The zero-order valence-electron chi connectivity index (χ0n) is 16.6. The number of hydrogen-bond acceptors (Lipinski definition) is 6. The molecule has 3 aromatic heterocycles. The minimum atomic E-state index is -0.164. The molecule has 0 atom stereocenters. The third kappa shape index (κ3) is 3.66. The molecule has 8 nitrogen and oxygen atoms in total. The van der Waals surface area contributed by atoms with Crippen LogP contribution in [0.2, 0.25) is 0 Å². The van der Waals surface area contributed by atoms with Gasteiger partial charge in [-0.1, -0.05) is 24.3 Å². The van der Waals surface area contributed by atoms with Crippen molar-refractivity contribution in [2.45, 2.75) is 6.54 Å². The zero-order chi connectivity index (χ0) is 21.2. The second-order valence-corrected chi connectivity index (χ2v) is 6.86. The minimum Gasteiger partial charge on any atom is -0.497 e. The molecule has 0 unspecified atom stereocenters. The maximum atomic E-state index is 12.7. The van der Waals surface area contributed by atoms with Crippen molar-refractivity contribution in [3.05, 3.63) is 73.1 Å². The van der Waals surface area contributed by atoms with Gasteiger partial charge in [-0.2, -0.15) is 0 Å². The van der Waals surface area contributed by atoms with E-state index in [2.05, 4.69) is 15.5 Å². The number of carbonyl (C=O) groups is 1. The molecule has 8 heteroatoms. The maximum Gasteiger partial charge on any atom is 0.283 e. The highest BCUT2D eigenvalue weighted by Gasteiger charge is 2.18. The molecule has 0 aliphatic heterocycles. The van der Waals surface area contributed by atoms with Gasteiger partial charge in [-0.3, -0.25) is 4.79 Å². The van der Waals surface area contributed by atoms with Crippen molar-refractivity contribution in [2.24, 2.45) is 0 Å². The van der Waals surface area contributed by atoms with Gasteiger partial charge in [0, 0.05) is 28.9 Å². The second-order valence-electron chi connectivity index (χ2n) is 6.86. The fourth-order valence-corrected chi connectivity index (χ4v) is 3.44. The Labute approximate surface area is 177 Å². The second kappa shape index (κ2) is 7.83. The third-order valence-electron chi connectivity index (χ3n) is 4.84. The molecule has 154 valence electrons. The number of hydrogen-bond donors (Lipinski definition) is 1. The molecule has 1 amide bonds. The van der Waals surface area contributed by atoms with E-state index in [1.807, 2.05) is 53.2 Å². The SMILES string of the molecule is COc1cccc(NC(=O)Cn2cc(-c3nnc(-c4ccco4)o3)c3ccccc32)c1. The zero-order valence-corrected chi connectivity index (χ0v) is 16.6. The molecule has 3 heterocycles. The number of para-hydroxylation sites is 1. The van der Waals surface area contributed by atoms with Crippen LogP contribution in [0.3, 0.4) is 0 Å². The predicted octanol–water partition coefficient (Wildman–Crippen LogP) is 4.60. The Bertz CT molecular complexity index is 1350. The number of ether oxygens (including phenoxy) is 1. The summed E-state index contributed by atoms with van der Waals surface area (Å²) < 4.78 is 18.2. The molecule has 0 saturated carbocycles. The summed E-state index contributed by atoms with van der Waals surface area (Å²) in [6.45, 7) is 0.122. The lowest BCUT2D eigenvalue weighted by Crippen LogP contribution is -2.18. The van der Waals surface area contributed by atoms with Gasteiger partial charge < -0.3 is 23.5 Å². The van der Waals surface area contributed by atoms with Crippen LogP contribution < -0.4 is 10.1 Å². The highest BCUT2D eigenvalue weighted by atomic mass is 16.5. The summed E-state index contributed by atoms with van der Waals surface area (Å²) in [6.07, 6.45) is 3.39. The van der Waals surface area contributed by atoms with E-state index in [0.29, 0.717) is 29.0 Å². The lowest BCUT2D eigenvalue weighted by molar-refractivity contribution is -0.116. The van der Waals surface area contributed by atoms with Crippen LogP contribution in [0.1, 0.15) is 0 Å². The Morgan fingerprint density at radius 1 is 1.06 bits per heavy atom. The van der Waals surface area contributed by atoms with E-state index < -0.39 is 0 Å². The third-order valence-corrected chi connectivity index (χ3v) is 4.84. The summed E-state index contributed by atoms with van der Waals surface area (Å²) in [5, 5.41) is 12.0. The van der Waals surface area contributed by atoms with Crippen LogP contribution in [-0.2, 0) is 11.3 Å². The van der Waals surface area contributed by atoms with Crippen molar-refractivity contribution >= 4 is 22.5 Å². The molecule has 0 saturated heterocycles. The molecule has 0 bridgehead atoms. The summed E-state index contributed by atoms with van der Waals surface area (Å²) in [5.41, 5.74) is 2.30. The Morgan fingerprint density at radius 2 is 1.94 bits per heavy atom. The van der Waals surface area contributed by atoms with Crippen molar-refractivity contribution in [1.82, 2.24) is 14.8 Å². The highest BCUT2D eigenvalue weighted by molar-refractivity contribution is 5.96. The van der Waals surface area contributed by atoms with E-state index in [1.165, 1.54) is 0 Å². The van der Waals surface area contributed by atoms with E-state index in [0.717, 1.165) is 16.5 Å². The number of rotatable bonds is 6. The standard InChI is InChI=1S/C23H18N4O4/c1-29-16-7-4-6-15(12-16)24-21(28)14-27-13-18(17-8-2-3-9-19(17)27)22-25-26-23(31-22)20-10-5-11-30-20/h2-13H,14H2,1H3,(H,24,28). The number of furan rings is 1. The Balaban J connectivity index is 1.44. The van der Waals surface area contributed by atoms with Crippen molar-refractivity contribution in [2.75, 3.05) is 12.4 Å². The van der Waals surface area contributed by atoms with Gasteiger partial charge in [0.25, 0.3) is 5.89 Å². The fourth-order valence-electron chi connectivity index (χ4n) is 3.44. The van der Waals surface area contributed by atoms with Crippen molar-refractivity contribution < 1.29 is 18.4 Å². The molecule has 5 aromatic rings. The van der Waals surface area contributed by atoms with Crippen molar-refractivity contribution in [3.63, 3.8) is 0 Å². The monoisotopic (exact) mass is 414 g/mol. The lowest BCUT2D eigenvalue weighted by Gasteiger charge is -2.08. The number of nitrogens with one attached hydrogen (secondary N) is 1. The number of methoxy groups -OCH3 is 1. The molecule has 5 rings (SSSR count). The van der Waals surface area contributed by atoms with Crippen LogP contribution in [0.25, 0.3) is 34.0 Å². The van der Waals surface area contributed by atoms with Gasteiger partial charge >= 0.3 is 0 Å². The topological polar surface area (TPSA) is 95.3 Å². The first-order chi connectivity index (χ1) is 15.2. The molecule has 0 spiro atoms. The summed E-state index contributed by atoms with van der Waals surface area (Å²) >= 11 is 0. The van der Waals surface area contributed by atoms with Gasteiger partial charge in [0.05, 0.1) is 18.9 Å². The van der Waals surface area contributed by atoms with Gasteiger partial charge in [-0.15, -0.1) is 10.2 Å². The Hall–Kier alpha value is -4.33. The largest absolute Gasteiger partial charge is 0.497 e. The Morgan fingerprint density at radius 3 is 2.77 bits per heavy atom. The van der Waals surface area contributed by atoms with E-state index in [-0.39, 0.29) is 12.5 Å². The van der Waals surface area contributed by atoms with Crippen LogP contribution in [0.4, 0.5) is 5.69 Å². The molecular formula is C23H18N4O4. The number of nitrogens with zero attached hydrogens (tertiary/aromatic N) is 3. The summed E-state index contributed by atoms with van der Waals surface area (Å²) in [4.78, 5) is 12.7. The number of carbonyl (C=O) groups excluding carboxylic acids is 1. The van der Waals surface area contributed by atoms with Gasteiger partial charge in [0.15, 0.2) is 5.76 Å². The van der Waals surface area contributed by atoms with Crippen LogP contribution >= 0.6 is 0 Å². The summed E-state index contributed by atoms with van der Waals surface area (Å²) in [6, 6.07) is 18.5. The molecule has 0 aliphatic rings. The predicted molar refractivity (Wildman–Crippen MR) is 115 cm³/mol. The first kappa shape index (κ1) is 18.7. The van der Waals surface area contributed by atoms with Crippen molar-refractivity contribution in [1.29, 1.82) is 0 Å². The molecule has 0 radical (unpaired) electrons. The summed E-state index contributed by atoms with van der Waals surface area (Å²) in [5.74, 6) is 1.67. The Kier molecular flexibility index (Phi) is 4.72. The summed E-state index contributed by atoms with van der Waals surface area (Å²) in [7, 11) is 1.59. The average molecular weight is 414 g/mol. The van der Waals surface area contributed by atoms with Gasteiger partial charge in [0.1, 0.15) is 12.3 Å². The molecule has 31 heavy (non-hydrogen) atoms. The first-order valence-corrected chi connectivity index (χ1v) is 9.61. The first-order valence-electron chi connectivity index (χ1n) is 9.61. The van der Waals surface area contributed by atoms with Gasteiger partial charge in [-0.25, -0.2) is 0 Å². The number of amides is 1. The van der Waals surface area contributed by atoms with Crippen LogP contribution in [0.15, 0.2) is 82.0 Å². The van der Waals surface area contributed by atoms with E-state index in [1.54, 1.807) is 31.6 Å². The number of benzene rings is 2. The fraction of sp³-hybridized carbons (Fsp3) is 0.0870. The smallest absolute Gasteiger partial charge is 0.283 e. The minimum absolute atomic E-state index is 0.122. The lowest BCUT2D eigenvalue weighted by atomic mass is 10.2. The van der Waals surface area contributed by atoms with E-state index >= 15 is 0 Å². The van der Waals surface area contributed by atoms with Crippen LogP contribution in [0, 0.1) is 0 Å². The maximum absolute atomic E-state index is 12.7. The number of fused-ring (bicyclic) bond motifs is 1. The highest BCUT2D eigenvalue weighted by Crippen LogP contribution is 2.31. The number of anilines is 1. The number of aromatic nitrogens is 3. The quantitative estimate of drug-likeness (QED) is 0.436. The molecular weight excluding hydrogens is 396 g/mol.